The SMILES string of the molecule is CC1CC(=NO)CC(C)(C)C1.[H-].[Na+]. The Kier molecular flexibility index (Phi) is 4.82. The zero-order valence-corrected chi connectivity index (χ0v) is 10.6. The fourth-order valence-corrected chi connectivity index (χ4v) is 2.19. The number of nitrogens with zero attached hydrogens (tertiary/aromatic N) is 1. The van der Waals surface area contributed by atoms with E-state index in [4.69, 9.17) is 5.21 Å². The van der Waals surface area contributed by atoms with Crippen molar-refractivity contribution >= 4 is 5.71 Å². The summed E-state index contributed by atoms with van der Waals surface area (Å²) in [5.41, 5.74) is 1.30. The first-order chi connectivity index (χ1) is 5.03. The van der Waals surface area contributed by atoms with E-state index in [0.717, 1.165) is 18.6 Å². The molecule has 0 radical (unpaired) electrons. The average molecular weight is 179 g/mol. The first-order valence-corrected chi connectivity index (χ1v) is 4.23. The van der Waals surface area contributed by atoms with Gasteiger partial charge in [0.25, 0.3) is 0 Å². The maximum absolute atomic E-state index is 8.63. The second-order valence-corrected chi connectivity index (χ2v) is 4.52. The van der Waals surface area contributed by atoms with Gasteiger partial charge in [0.2, 0.25) is 0 Å². The third-order valence-corrected chi connectivity index (χ3v) is 2.31. The molecule has 3 heteroatoms. The molecule has 66 valence electrons. The van der Waals surface area contributed by atoms with Crippen LogP contribution in [-0.4, -0.2) is 10.9 Å². The molecular formula is C9H18NNaO. The summed E-state index contributed by atoms with van der Waals surface area (Å²) in [5, 5.41) is 11.9. The van der Waals surface area contributed by atoms with Crippen molar-refractivity contribution in [3.05, 3.63) is 0 Å². The van der Waals surface area contributed by atoms with Gasteiger partial charge in [-0.1, -0.05) is 25.9 Å². The molecule has 1 atom stereocenters. The van der Waals surface area contributed by atoms with Gasteiger partial charge in [-0.3, -0.25) is 0 Å². The Morgan fingerprint density at radius 2 is 2.17 bits per heavy atom. The normalized spacial score (nSPS) is 31.2. The molecule has 0 aromatic heterocycles. The smallest absolute Gasteiger partial charge is 1.00 e. The summed E-state index contributed by atoms with van der Waals surface area (Å²) in [5.74, 6) is 0.671. The van der Waals surface area contributed by atoms with Gasteiger partial charge in [0.15, 0.2) is 0 Å². The van der Waals surface area contributed by atoms with Crippen LogP contribution in [0.15, 0.2) is 5.16 Å². The summed E-state index contributed by atoms with van der Waals surface area (Å²) in [6.07, 6.45) is 3.17. The van der Waals surface area contributed by atoms with Crippen LogP contribution in [0.3, 0.4) is 0 Å². The number of oxime groups is 1. The van der Waals surface area contributed by atoms with Crippen LogP contribution in [-0.2, 0) is 0 Å². The molecular weight excluding hydrogens is 161 g/mol. The van der Waals surface area contributed by atoms with Crippen molar-refractivity contribution in [3.8, 4) is 0 Å². The molecule has 2 nitrogen and oxygen atoms in total. The molecule has 0 aliphatic heterocycles. The van der Waals surface area contributed by atoms with Gasteiger partial charge in [-0.25, -0.2) is 0 Å². The second-order valence-electron chi connectivity index (χ2n) is 4.52. The number of hydrogen-bond acceptors (Lipinski definition) is 2. The van der Waals surface area contributed by atoms with Crippen LogP contribution < -0.4 is 29.6 Å². The zero-order valence-electron chi connectivity index (χ0n) is 9.59. The third-order valence-electron chi connectivity index (χ3n) is 2.31. The molecule has 0 aromatic rings. The van der Waals surface area contributed by atoms with E-state index in [9.17, 15) is 0 Å². The van der Waals surface area contributed by atoms with Gasteiger partial charge in [-0.2, -0.15) is 0 Å². The van der Waals surface area contributed by atoms with Gasteiger partial charge < -0.3 is 6.63 Å². The molecule has 1 aliphatic rings. The quantitative estimate of drug-likeness (QED) is 0.311. The van der Waals surface area contributed by atoms with Gasteiger partial charge in [0, 0.05) is 0 Å². The van der Waals surface area contributed by atoms with Crippen LogP contribution in [0.5, 0.6) is 0 Å². The van der Waals surface area contributed by atoms with E-state index in [0.29, 0.717) is 11.3 Å². The largest absolute Gasteiger partial charge is 1.00 e. The van der Waals surface area contributed by atoms with Crippen LogP contribution in [0.2, 0.25) is 0 Å². The van der Waals surface area contributed by atoms with E-state index in [1.807, 2.05) is 0 Å². The summed E-state index contributed by atoms with van der Waals surface area (Å²) in [6.45, 7) is 6.67. The average Bonchev–Trinajstić information content (AvgIpc) is 1.83. The summed E-state index contributed by atoms with van der Waals surface area (Å²) in [7, 11) is 0. The second kappa shape index (κ2) is 4.64. The Morgan fingerprint density at radius 3 is 2.58 bits per heavy atom. The molecule has 0 heterocycles. The molecule has 1 rings (SSSR count). The monoisotopic (exact) mass is 179 g/mol. The number of hydrogen-bond donors (Lipinski definition) is 1. The van der Waals surface area contributed by atoms with E-state index in [1.54, 1.807) is 0 Å². The first-order valence-electron chi connectivity index (χ1n) is 4.23. The zero-order chi connectivity index (χ0) is 8.48. The molecule has 0 saturated heterocycles. The Hall–Kier alpha value is 0.470. The molecule has 1 aliphatic carbocycles. The Morgan fingerprint density at radius 1 is 1.58 bits per heavy atom. The third kappa shape index (κ3) is 3.46. The Bertz CT molecular complexity index is 182. The predicted octanol–water partition coefficient (Wildman–Crippen LogP) is -0.221. The topological polar surface area (TPSA) is 32.6 Å². The predicted molar refractivity (Wildman–Crippen MR) is 47.1 cm³/mol. The van der Waals surface area contributed by atoms with Crippen molar-refractivity contribution in [3.63, 3.8) is 0 Å². The Balaban J connectivity index is 0. The van der Waals surface area contributed by atoms with E-state index >= 15 is 0 Å². The van der Waals surface area contributed by atoms with Crippen molar-refractivity contribution in [2.45, 2.75) is 40.0 Å². The van der Waals surface area contributed by atoms with E-state index in [-0.39, 0.29) is 31.0 Å². The minimum atomic E-state index is 0. The molecule has 1 saturated carbocycles. The maximum Gasteiger partial charge on any atom is 1.00 e. The van der Waals surface area contributed by atoms with Crippen LogP contribution in [0.25, 0.3) is 0 Å². The minimum Gasteiger partial charge on any atom is -1.00 e. The molecule has 0 bridgehead atoms. The van der Waals surface area contributed by atoms with Crippen molar-refractivity contribution in [2.24, 2.45) is 16.5 Å². The van der Waals surface area contributed by atoms with Crippen molar-refractivity contribution in [1.29, 1.82) is 0 Å². The van der Waals surface area contributed by atoms with E-state index in [1.165, 1.54) is 6.42 Å². The van der Waals surface area contributed by atoms with E-state index < -0.39 is 0 Å². The molecule has 1 unspecified atom stereocenters. The molecule has 1 N–H and O–H groups in total. The van der Waals surface area contributed by atoms with Crippen molar-refractivity contribution < 1.29 is 36.2 Å². The van der Waals surface area contributed by atoms with Crippen molar-refractivity contribution in [2.75, 3.05) is 0 Å². The van der Waals surface area contributed by atoms with Crippen LogP contribution in [0.1, 0.15) is 41.5 Å². The maximum atomic E-state index is 8.63. The number of rotatable bonds is 0. The van der Waals surface area contributed by atoms with E-state index in [2.05, 4.69) is 25.9 Å². The van der Waals surface area contributed by atoms with Crippen LogP contribution >= 0.6 is 0 Å². The van der Waals surface area contributed by atoms with Gasteiger partial charge >= 0.3 is 29.6 Å². The molecule has 1 fully saturated rings. The minimum absolute atomic E-state index is 0. The van der Waals surface area contributed by atoms with Crippen molar-refractivity contribution in [1.82, 2.24) is 0 Å². The van der Waals surface area contributed by atoms with Crippen LogP contribution in [0, 0.1) is 11.3 Å². The molecule has 0 spiro atoms. The molecule has 0 amide bonds. The summed E-state index contributed by atoms with van der Waals surface area (Å²) < 4.78 is 0. The van der Waals surface area contributed by atoms with Gasteiger partial charge in [0.1, 0.15) is 0 Å². The fraction of sp³-hybridized carbons (Fsp3) is 0.889. The fourth-order valence-electron chi connectivity index (χ4n) is 2.19. The summed E-state index contributed by atoms with van der Waals surface area (Å²) in [6, 6.07) is 0. The summed E-state index contributed by atoms with van der Waals surface area (Å²) >= 11 is 0. The standard InChI is InChI=1S/C9H17NO.Na.H/c1-7-4-8(10-11)6-9(2,3)5-7;;/h7,11H,4-6H2,1-3H3;;/q;+1;-1. The molecule has 12 heavy (non-hydrogen) atoms. The first kappa shape index (κ1) is 12.5. The van der Waals surface area contributed by atoms with Gasteiger partial charge in [-0.15, -0.1) is 0 Å². The summed E-state index contributed by atoms with van der Waals surface area (Å²) in [4.78, 5) is 0. The van der Waals surface area contributed by atoms with Gasteiger partial charge in [0.05, 0.1) is 5.71 Å². The Labute approximate surface area is 98.2 Å². The van der Waals surface area contributed by atoms with Gasteiger partial charge in [-0.05, 0) is 30.6 Å². The molecule has 0 aromatic carbocycles. The van der Waals surface area contributed by atoms with Crippen LogP contribution in [0.4, 0.5) is 0 Å².